The van der Waals surface area contributed by atoms with Gasteiger partial charge in [0, 0.05) is 26.6 Å². The molecule has 0 N–H and O–H groups in total. The van der Waals surface area contributed by atoms with Crippen LogP contribution in [-0.2, 0) is 11.4 Å². The summed E-state index contributed by atoms with van der Waals surface area (Å²) in [4.78, 5) is 15.0. The van der Waals surface area contributed by atoms with Crippen LogP contribution in [0, 0.1) is 5.92 Å². The lowest BCUT2D eigenvalue weighted by Gasteiger charge is -2.16. The number of hydrogen-bond donors (Lipinski definition) is 0. The number of carbonyl (C=O) groups excluding carboxylic acids is 1. The number of amides is 1. The molecule has 2 aromatic carbocycles. The number of carbonyl (C=O) groups is 1. The lowest BCUT2D eigenvalue weighted by Crippen LogP contribution is -2.31. The van der Waals surface area contributed by atoms with Crippen LogP contribution in [0.4, 0.5) is 0 Å². The van der Waals surface area contributed by atoms with Gasteiger partial charge in [-0.1, -0.05) is 83.0 Å². The van der Waals surface area contributed by atoms with Gasteiger partial charge in [-0.25, -0.2) is 0 Å². The van der Waals surface area contributed by atoms with Crippen LogP contribution in [0.15, 0.2) is 39.7 Å². The first kappa shape index (κ1) is 24.4. The van der Waals surface area contributed by atoms with Gasteiger partial charge < -0.3 is 9.47 Å². The third-order valence-corrected chi connectivity index (χ3v) is 7.04. The number of nitrogens with zero attached hydrogens (tertiary/aromatic N) is 1. The van der Waals surface area contributed by atoms with Crippen LogP contribution >= 0.6 is 63.1 Å². The predicted molar refractivity (Wildman–Crippen MR) is 136 cm³/mol. The van der Waals surface area contributed by atoms with E-state index >= 15 is 0 Å². The molecule has 0 spiro atoms. The maximum Gasteiger partial charge on any atom is 0.266 e. The van der Waals surface area contributed by atoms with Crippen molar-refractivity contribution >= 4 is 79.4 Å². The van der Waals surface area contributed by atoms with Gasteiger partial charge in [-0.3, -0.25) is 9.69 Å². The molecule has 1 aliphatic heterocycles. The Morgan fingerprint density at radius 3 is 2.61 bits per heavy atom. The molecule has 31 heavy (non-hydrogen) atoms. The van der Waals surface area contributed by atoms with Crippen molar-refractivity contribution in [2.24, 2.45) is 5.92 Å². The van der Waals surface area contributed by atoms with Gasteiger partial charge in [0.2, 0.25) is 0 Å². The third kappa shape index (κ3) is 5.96. The summed E-state index contributed by atoms with van der Waals surface area (Å²) in [5.74, 6) is 1.34. The molecule has 0 atom stereocenters. The zero-order chi connectivity index (χ0) is 22.7. The van der Waals surface area contributed by atoms with Gasteiger partial charge in [0.25, 0.3) is 5.91 Å². The minimum Gasteiger partial charge on any atom is -0.493 e. The smallest absolute Gasteiger partial charge is 0.266 e. The van der Waals surface area contributed by atoms with Crippen molar-refractivity contribution in [2.45, 2.75) is 20.5 Å². The molecule has 0 saturated carbocycles. The fraction of sp³-hybridized carbons (Fsp3) is 0.273. The number of benzene rings is 2. The molecule has 1 aliphatic rings. The standard InChI is InChI=1S/C22H20BrCl2NO3S2/c1-12(2)10-26-21(27)20(31-22(26)30)7-14-6-18(28-3)19(9-16(14)23)29-11-13-4-5-15(24)8-17(13)25/h4-9,12H,10-11H2,1-3H3/b20-7-. The second-order valence-corrected chi connectivity index (χ2v) is 10.6. The summed E-state index contributed by atoms with van der Waals surface area (Å²) in [7, 11) is 1.57. The maximum atomic E-state index is 12.8. The van der Waals surface area contributed by atoms with Crippen LogP contribution in [0.25, 0.3) is 6.08 Å². The van der Waals surface area contributed by atoms with E-state index < -0.39 is 0 Å². The average Bonchev–Trinajstić information content (AvgIpc) is 2.96. The van der Waals surface area contributed by atoms with Crippen molar-refractivity contribution in [3.8, 4) is 11.5 Å². The van der Waals surface area contributed by atoms with E-state index in [2.05, 4.69) is 29.8 Å². The Balaban J connectivity index is 1.83. The first-order valence-corrected chi connectivity index (χ1v) is 12.2. The van der Waals surface area contributed by atoms with Crippen LogP contribution in [-0.4, -0.2) is 28.8 Å². The molecule has 0 aliphatic carbocycles. The lowest BCUT2D eigenvalue weighted by molar-refractivity contribution is -0.122. The molecule has 1 heterocycles. The van der Waals surface area contributed by atoms with E-state index in [-0.39, 0.29) is 12.5 Å². The summed E-state index contributed by atoms with van der Waals surface area (Å²) in [5.41, 5.74) is 1.60. The fourth-order valence-corrected chi connectivity index (χ4v) is 5.06. The normalized spacial score (nSPS) is 15.3. The van der Waals surface area contributed by atoms with Gasteiger partial charge in [-0.2, -0.15) is 0 Å². The van der Waals surface area contributed by atoms with Crippen LogP contribution in [0.5, 0.6) is 11.5 Å². The van der Waals surface area contributed by atoms with Crippen molar-refractivity contribution in [3.63, 3.8) is 0 Å². The fourth-order valence-electron chi connectivity index (χ4n) is 2.89. The van der Waals surface area contributed by atoms with Crippen molar-refractivity contribution in [1.29, 1.82) is 0 Å². The monoisotopic (exact) mass is 559 g/mol. The number of ether oxygens (including phenoxy) is 2. The molecule has 1 fully saturated rings. The first-order chi connectivity index (χ1) is 14.7. The second kappa shape index (κ2) is 10.6. The van der Waals surface area contributed by atoms with E-state index in [9.17, 15) is 4.79 Å². The largest absolute Gasteiger partial charge is 0.493 e. The summed E-state index contributed by atoms with van der Waals surface area (Å²) in [6.45, 7) is 4.97. The number of hydrogen-bond acceptors (Lipinski definition) is 5. The van der Waals surface area contributed by atoms with Crippen molar-refractivity contribution < 1.29 is 14.3 Å². The van der Waals surface area contributed by atoms with Crippen molar-refractivity contribution in [1.82, 2.24) is 4.90 Å². The van der Waals surface area contributed by atoms with Crippen LogP contribution < -0.4 is 9.47 Å². The predicted octanol–water partition coefficient (Wildman–Crippen LogP) is 7.20. The Morgan fingerprint density at radius 1 is 1.23 bits per heavy atom. The van der Waals surface area contributed by atoms with E-state index in [4.69, 9.17) is 44.9 Å². The Hall–Kier alpha value is -1.25. The van der Waals surface area contributed by atoms with E-state index in [0.29, 0.717) is 43.2 Å². The van der Waals surface area contributed by atoms with Gasteiger partial charge in [0.05, 0.1) is 12.0 Å². The number of thiocarbonyl (C=S) groups is 1. The molecule has 2 aromatic rings. The summed E-state index contributed by atoms with van der Waals surface area (Å²) in [6, 6.07) is 8.88. The highest BCUT2D eigenvalue weighted by Crippen LogP contribution is 2.38. The van der Waals surface area contributed by atoms with Crippen molar-refractivity contribution in [3.05, 3.63) is 60.9 Å². The molecular weight excluding hydrogens is 541 g/mol. The molecule has 164 valence electrons. The zero-order valence-corrected chi connectivity index (χ0v) is 21.8. The lowest BCUT2D eigenvalue weighted by atomic mass is 10.1. The SMILES string of the molecule is COc1cc(/C=C2\SC(=S)N(CC(C)C)C2=O)c(Br)cc1OCc1ccc(Cl)cc1Cl. The number of halogens is 3. The number of methoxy groups -OCH3 is 1. The molecule has 0 bridgehead atoms. The molecule has 9 heteroatoms. The minimum atomic E-state index is -0.0766. The molecule has 3 rings (SSSR count). The topological polar surface area (TPSA) is 38.8 Å². The Morgan fingerprint density at radius 2 is 1.97 bits per heavy atom. The van der Waals surface area contributed by atoms with E-state index in [1.807, 2.05) is 24.3 Å². The Kier molecular flexibility index (Phi) is 8.32. The van der Waals surface area contributed by atoms with E-state index in [1.165, 1.54) is 11.8 Å². The highest BCUT2D eigenvalue weighted by atomic mass is 79.9. The molecule has 0 aromatic heterocycles. The zero-order valence-electron chi connectivity index (χ0n) is 17.1. The minimum absolute atomic E-state index is 0.0766. The first-order valence-electron chi connectivity index (χ1n) is 9.39. The molecular formula is C22H20BrCl2NO3S2. The second-order valence-electron chi connectivity index (χ2n) is 7.24. The van der Waals surface area contributed by atoms with Crippen LogP contribution in [0.3, 0.4) is 0 Å². The molecule has 1 amide bonds. The summed E-state index contributed by atoms with van der Waals surface area (Å²) in [5, 5.41) is 1.10. The highest BCUT2D eigenvalue weighted by molar-refractivity contribution is 9.10. The molecule has 1 saturated heterocycles. The van der Waals surface area contributed by atoms with Crippen molar-refractivity contribution in [2.75, 3.05) is 13.7 Å². The molecule has 0 radical (unpaired) electrons. The van der Waals surface area contributed by atoms with E-state index in [1.54, 1.807) is 24.1 Å². The number of thioether (sulfide) groups is 1. The van der Waals surface area contributed by atoms with Gasteiger partial charge in [0.1, 0.15) is 10.9 Å². The van der Waals surface area contributed by atoms with Crippen LogP contribution in [0.1, 0.15) is 25.0 Å². The summed E-state index contributed by atoms with van der Waals surface area (Å²) < 4.78 is 12.8. The van der Waals surface area contributed by atoms with E-state index in [0.717, 1.165) is 15.6 Å². The van der Waals surface area contributed by atoms with Gasteiger partial charge in [-0.15, -0.1) is 0 Å². The summed E-state index contributed by atoms with van der Waals surface area (Å²) in [6.07, 6.45) is 1.81. The Labute approximate surface area is 210 Å². The number of rotatable bonds is 7. The Bertz CT molecular complexity index is 1060. The average molecular weight is 561 g/mol. The molecule has 4 nitrogen and oxygen atoms in total. The maximum absolute atomic E-state index is 12.8. The molecule has 0 unspecified atom stereocenters. The van der Waals surface area contributed by atoms with Gasteiger partial charge in [-0.05, 0) is 41.8 Å². The van der Waals surface area contributed by atoms with Crippen LogP contribution in [0.2, 0.25) is 10.0 Å². The quantitative estimate of drug-likeness (QED) is 0.264. The third-order valence-electron chi connectivity index (χ3n) is 4.39. The summed E-state index contributed by atoms with van der Waals surface area (Å²) >= 11 is 22.4. The van der Waals surface area contributed by atoms with Gasteiger partial charge in [0.15, 0.2) is 11.5 Å². The highest BCUT2D eigenvalue weighted by Gasteiger charge is 2.32. The van der Waals surface area contributed by atoms with Gasteiger partial charge >= 0.3 is 0 Å².